The number of amides is 1. The Morgan fingerprint density at radius 1 is 1.32 bits per heavy atom. The van der Waals surface area contributed by atoms with Gasteiger partial charge in [0, 0.05) is 63.2 Å². The van der Waals surface area contributed by atoms with Crippen molar-refractivity contribution in [2.45, 2.75) is 32.7 Å². The number of nitrogens with zero attached hydrogens (tertiary/aromatic N) is 4. The fourth-order valence-corrected chi connectivity index (χ4v) is 3.97. The fraction of sp³-hybridized carbons (Fsp3) is 0.526. The zero-order valence-corrected chi connectivity index (χ0v) is 14.7. The van der Waals surface area contributed by atoms with Crippen LogP contribution >= 0.6 is 0 Å². The second kappa shape index (κ2) is 6.96. The quantitative estimate of drug-likeness (QED) is 0.922. The molecule has 132 valence electrons. The van der Waals surface area contributed by atoms with Gasteiger partial charge in [-0.2, -0.15) is 0 Å². The topological polar surface area (TPSA) is 65.1 Å². The molecule has 2 aromatic heterocycles. The molecule has 1 atom stereocenters. The average Bonchev–Trinajstić information content (AvgIpc) is 3.02. The van der Waals surface area contributed by atoms with E-state index in [1.807, 2.05) is 19.2 Å². The number of imidazole rings is 1. The molecule has 25 heavy (non-hydrogen) atoms. The molecule has 1 fully saturated rings. The second-order valence-corrected chi connectivity index (χ2v) is 7.15. The highest BCUT2D eigenvalue weighted by molar-refractivity contribution is 5.79. The number of carbonyl (C=O) groups excluding carboxylic acids is 1. The summed E-state index contributed by atoms with van der Waals surface area (Å²) < 4.78 is 0. The highest BCUT2D eigenvalue weighted by Gasteiger charge is 2.31. The number of nitrogens with one attached hydrogen (secondary N) is 1. The van der Waals surface area contributed by atoms with Gasteiger partial charge in [0.15, 0.2) is 0 Å². The summed E-state index contributed by atoms with van der Waals surface area (Å²) in [5, 5.41) is 0. The molecule has 4 rings (SSSR count). The van der Waals surface area contributed by atoms with Gasteiger partial charge >= 0.3 is 0 Å². The molecule has 0 unspecified atom stereocenters. The first-order valence-electron chi connectivity index (χ1n) is 9.13. The highest BCUT2D eigenvalue weighted by Crippen LogP contribution is 2.26. The zero-order chi connectivity index (χ0) is 17.2. The van der Waals surface area contributed by atoms with Gasteiger partial charge < -0.3 is 9.88 Å². The van der Waals surface area contributed by atoms with Crippen LogP contribution in [0, 0.1) is 12.8 Å². The van der Waals surface area contributed by atoms with Gasteiger partial charge in [0.2, 0.25) is 5.91 Å². The average molecular weight is 339 g/mol. The maximum absolute atomic E-state index is 12.9. The lowest BCUT2D eigenvalue weighted by molar-refractivity contribution is -0.137. The number of piperazine rings is 1. The van der Waals surface area contributed by atoms with E-state index in [1.165, 1.54) is 5.56 Å². The van der Waals surface area contributed by atoms with Crippen LogP contribution in [0.5, 0.6) is 0 Å². The monoisotopic (exact) mass is 339 g/mol. The third-order valence-corrected chi connectivity index (χ3v) is 5.33. The van der Waals surface area contributed by atoms with Gasteiger partial charge in [-0.15, -0.1) is 0 Å². The summed E-state index contributed by atoms with van der Waals surface area (Å²) in [6.07, 6.45) is 6.37. The van der Waals surface area contributed by atoms with E-state index in [4.69, 9.17) is 0 Å². The Bertz CT molecular complexity index is 734. The number of pyridine rings is 1. The Morgan fingerprint density at radius 3 is 2.92 bits per heavy atom. The maximum atomic E-state index is 12.9. The minimum atomic E-state index is 0.109. The summed E-state index contributed by atoms with van der Waals surface area (Å²) in [6, 6.07) is 4.08. The van der Waals surface area contributed by atoms with Gasteiger partial charge in [0.25, 0.3) is 0 Å². The van der Waals surface area contributed by atoms with Crippen molar-refractivity contribution in [3.63, 3.8) is 0 Å². The summed E-state index contributed by atoms with van der Waals surface area (Å²) in [5.41, 5.74) is 3.55. The number of carbonyl (C=O) groups is 1. The third-order valence-electron chi connectivity index (χ3n) is 5.33. The van der Waals surface area contributed by atoms with E-state index < -0.39 is 0 Å². The Labute approximate surface area is 148 Å². The summed E-state index contributed by atoms with van der Waals surface area (Å²) in [7, 11) is 0. The first kappa shape index (κ1) is 16.3. The normalized spacial score (nSPS) is 21.2. The molecule has 0 radical (unpaired) electrons. The molecule has 6 nitrogen and oxygen atoms in total. The molecule has 1 aliphatic heterocycles. The molecule has 3 heterocycles. The number of aromatic amines is 1. The van der Waals surface area contributed by atoms with E-state index in [9.17, 15) is 4.79 Å². The van der Waals surface area contributed by atoms with Crippen LogP contribution in [0.4, 0.5) is 0 Å². The number of hydrogen-bond donors (Lipinski definition) is 1. The van der Waals surface area contributed by atoms with E-state index >= 15 is 0 Å². The maximum Gasteiger partial charge on any atom is 0.226 e. The van der Waals surface area contributed by atoms with Crippen LogP contribution in [0.25, 0.3) is 0 Å². The third kappa shape index (κ3) is 3.58. The Hall–Kier alpha value is -2.21. The number of aromatic nitrogens is 3. The molecule has 1 amide bonds. The molecule has 1 N–H and O–H groups in total. The first-order valence-corrected chi connectivity index (χ1v) is 9.13. The molecule has 2 aliphatic rings. The van der Waals surface area contributed by atoms with E-state index in [-0.39, 0.29) is 5.92 Å². The highest BCUT2D eigenvalue weighted by atomic mass is 16.2. The van der Waals surface area contributed by atoms with Gasteiger partial charge in [-0.25, -0.2) is 4.98 Å². The molecule has 0 saturated carbocycles. The summed E-state index contributed by atoms with van der Waals surface area (Å²) in [5.74, 6) is 1.39. The van der Waals surface area contributed by atoms with Crippen molar-refractivity contribution >= 4 is 5.91 Å². The van der Waals surface area contributed by atoms with Gasteiger partial charge in [-0.1, -0.05) is 6.07 Å². The van der Waals surface area contributed by atoms with Crippen molar-refractivity contribution in [1.82, 2.24) is 24.8 Å². The molecule has 0 aromatic carbocycles. The van der Waals surface area contributed by atoms with E-state index in [0.717, 1.165) is 69.2 Å². The smallest absolute Gasteiger partial charge is 0.226 e. The molecule has 1 saturated heterocycles. The molecular weight excluding hydrogens is 314 g/mol. The van der Waals surface area contributed by atoms with Crippen molar-refractivity contribution in [3.8, 4) is 0 Å². The van der Waals surface area contributed by atoms with Crippen LogP contribution in [0.1, 0.15) is 29.2 Å². The molecular formula is C19H25N5O. The summed E-state index contributed by atoms with van der Waals surface area (Å²) in [4.78, 5) is 29.4. The summed E-state index contributed by atoms with van der Waals surface area (Å²) in [6.45, 7) is 6.41. The molecule has 0 bridgehead atoms. The van der Waals surface area contributed by atoms with Crippen LogP contribution < -0.4 is 0 Å². The van der Waals surface area contributed by atoms with Crippen LogP contribution in [-0.4, -0.2) is 56.8 Å². The predicted molar refractivity (Wildman–Crippen MR) is 94.9 cm³/mol. The lowest BCUT2D eigenvalue weighted by atomic mass is 9.88. The standard InChI is InChI=1S/C19H25N5O/c1-14-21-17-5-4-16(11-18(17)22-14)19(25)24-9-7-23(8-10-24)13-15-3-2-6-20-12-15/h2-3,6,12,16H,4-5,7-11,13H2,1H3,(H,21,22)/t16-/m0/s1. The minimum absolute atomic E-state index is 0.109. The van der Waals surface area contributed by atoms with Crippen molar-refractivity contribution < 1.29 is 4.79 Å². The van der Waals surface area contributed by atoms with Crippen LogP contribution in [-0.2, 0) is 24.2 Å². The number of rotatable bonds is 3. The van der Waals surface area contributed by atoms with Crippen molar-refractivity contribution in [2.24, 2.45) is 5.92 Å². The fourth-order valence-electron chi connectivity index (χ4n) is 3.97. The van der Waals surface area contributed by atoms with E-state index in [2.05, 4.69) is 30.8 Å². The van der Waals surface area contributed by atoms with Crippen molar-refractivity contribution in [1.29, 1.82) is 0 Å². The van der Waals surface area contributed by atoms with E-state index in [0.29, 0.717) is 5.91 Å². The molecule has 2 aromatic rings. The van der Waals surface area contributed by atoms with Crippen molar-refractivity contribution in [3.05, 3.63) is 47.3 Å². The molecule has 1 aliphatic carbocycles. The van der Waals surface area contributed by atoms with Crippen LogP contribution in [0.2, 0.25) is 0 Å². The Morgan fingerprint density at radius 2 is 2.16 bits per heavy atom. The lowest BCUT2D eigenvalue weighted by Crippen LogP contribution is -2.50. The molecule has 6 heteroatoms. The van der Waals surface area contributed by atoms with Crippen LogP contribution in [0.3, 0.4) is 0 Å². The summed E-state index contributed by atoms with van der Waals surface area (Å²) >= 11 is 0. The van der Waals surface area contributed by atoms with Gasteiger partial charge in [-0.05, 0) is 31.4 Å². The number of hydrogen-bond acceptors (Lipinski definition) is 4. The number of H-pyrrole nitrogens is 1. The van der Waals surface area contributed by atoms with Crippen LogP contribution in [0.15, 0.2) is 24.5 Å². The SMILES string of the molecule is Cc1nc2c([nH]1)C[C@@H](C(=O)N1CCN(Cc3cccnc3)CC1)CC2. The lowest BCUT2D eigenvalue weighted by Gasteiger charge is -2.37. The van der Waals surface area contributed by atoms with Crippen molar-refractivity contribution in [2.75, 3.05) is 26.2 Å². The first-order chi connectivity index (χ1) is 12.2. The largest absolute Gasteiger partial charge is 0.346 e. The van der Waals surface area contributed by atoms with Gasteiger partial charge in [0.05, 0.1) is 5.69 Å². The Balaban J connectivity index is 1.31. The van der Waals surface area contributed by atoms with E-state index in [1.54, 1.807) is 6.20 Å². The zero-order valence-electron chi connectivity index (χ0n) is 14.7. The second-order valence-electron chi connectivity index (χ2n) is 7.15. The number of fused-ring (bicyclic) bond motifs is 1. The predicted octanol–water partition coefficient (Wildman–Crippen LogP) is 1.56. The molecule has 0 spiro atoms. The number of aryl methyl sites for hydroxylation is 2. The van der Waals surface area contributed by atoms with Gasteiger partial charge in [0.1, 0.15) is 5.82 Å². The van der Waals surface area contributed by atoms with Gasteiger partial charge in [-0.3, -0.25) is 14.7 Å². The minimum Gasteiger partial charge on any atom is -0.346 e. The Kier molecular flexibility index (Phi) is 4.53.